The highest BCUT2D eigenvalue weighted by atomic mass is 16.6. The molecule has 1 saturated heterocycles. The van der Waals surface area contributed by atoms with Crippen LogP contribution in [0.1, 0.15) is 23.8 Å². The Morgan fingerprint density at radius 1 is 1.31 bits per heavy atom. The first-order chi connectivity index (χ1) is 12.3. The zero-order valence-corrected chi connectivity index (χ0v) is 14.1. The van der Waals surface area contributed by atoms with Crippen LogP contribution in [0.2, 0.25) is 0 Å². The summed E-state index contributed by atoms with van der Waals surface area (Å²) in [7, 11) is 0. The van der Waals surface area contributed by atoms with E-state index in [-0.39, 0.29) is 29.8 Å². The van der Waals surface area contributed by atoms with Crippen molar-refractivity contribution in [3.05, 3.63) is 52.3 Å². The van der Waals surface area contributed by atoms with Crippen LogP contribution in [0.4, 0.5) is 5.69 Å². The number of nitro groups is 1. The van der Waals surface area contributed by atoms with Crippen LogP contribution in [-0.4, -0.2) is 49.7 Å². The van der Waals surface area contributed by atoms with Crippen LogP contribution in [0, 0.1) is 22.0 Å². The summed E-state index contributed by atoms with van der Waals surface area (Å²) in [5, 5.41) is 24.3. The molecule has 1 fully saturated rings. The number of nitro benzene ring substituents is 1. The zero-order valence-electron chi connectivity index (χ0n) is 14.1. The van der Waals surface area contributed by atoms with E-state index in [0.29, 0.717) is 18.7 Å². The first-order valence-corrected chi connectivity index (χ1v) is 8.17. The third kappa shape index (κ3) is 3.56. The molecule has 1 aliphatic heterocycles. The Labute approximate surface area is 149 Å². The molecule has 1 N–H and O–H groups in total. The molecule has 136 valence electrons. The van der Waals surface area contributed by atoms with Crippen molar-refractivity contribution in [3.8, 4) is 5.69 Å². The van der Waals surface area contributed by atoms with Gasteiger partial charge in [0.05, 0.1) is 16.5 Å². The number of carboxylic acids is 1. The molecule has 26 heavy (non-hydrogen) atoms. The number of carbonyl (C=O) groups is 2. The van der Waals surface area contributed by atoms with Crippen molar-refractivity contribution in [2.24, 2.45) is 11.8 Å². The van der Waals surface area contributed by atoms with Gasteiger partial charge >= 0.3 is 5.97 Å². The van der Waals surface area contributed by atoms with Crippen molar-refractivity contribution in [1.82, 2.24) is 14.7 Å². The topological polar surface area (TPSA) is 119 Å². The standard InChI is InChI=1S/C17H18N4O5/c1-11-7-12(17(23)24)10-19(9-11)16(22)15-5-6-20(18-15)13-3-2-4-14(8-13)21(25)26/h2-6,8,11-12H,7,9-10H2,1H3,(H,23,24). The fourth-order valence-electron chi connectivity index (χ4n) is 3.19. The van der Waals surface area contributed by atoms with Gasteiger partial charge in [-0.1, -0.05) is 13.0 Å². The van der Waals surface area contributed by atoms with Crippen LogP contribution in [0.25, 0.3) is 5.69 Å². The molecule has 0 radical (unpaired) electrons. The quantitative estimate of drug-likeness (QED) is 0.659. The van der Waals surface area contributed by atoms with E-state index in [4.69, 9.17) is 0 Å². The van der Waals surface area contributed by atoms with Gasteiger partial charge in [-0.05, 0) is 24.5 Å². The van der Waals surface area contributed by atoms with Gasteiger partial charge in [0.1, 0.15) is 0 Å². The Morgan fingerprint density at radius 3 is 2.77 bits per heavy atom. The fourth-order valence-corrected chi connectivity index (χ4v) is 3.19. The lowest BCUT2D eigenvalue weighted by molar-refractivity contribution is -0.384. The largest absolute Gasteiger partial charge is 0.481 e. The number of non-ortho nitro benzene ring substituents is 1. The molecule has 9 nitrogen and oxygen atoms in total. The van der Waals surface area contributed by atoms with Crippen molar-refractivity contribution in [2.45, 2.75) is 13.3 Å². The number of benzene rings is 1. The second-order valence-electron chi connectivity index (χ2n) is 6.51. The van der Waals surface area contributed by atoms with E-state index in [0.717, 1.165) is 0 Å². The van der Waals surface area contributed by atoms with Gasteiger partial charge in [0.2, 0.25) is 0 Å². The van der Waals surface area contributed by atoms with Crippen LogP contribution in [0.3, 0.4) is 0 Å². The second kappa shape index (κ2) is 6.95. The molecule has 1 amide bonds. The summed E-state index contributed by atoms with van der Waals surface area (Å²) in [5.74, 6) is -1.74. The minimum absolute atomic E-state index is 0.0694. The Hall–Kier alpha value is -3.23. The van der Waals surface area contributed by atoms with Gasteiger partial charge in [-0.3, -0.25) is 19.7 Å². The normalized spacial score (nSPS) is 20.0. The number of piperidine rings is 1. The maximum atomic E-state index is 12.7. The summed E-state index contributed by atoms with van der Waals surface area (Å²) in [6.07, 6.45) is 2.09. The fraction of sp³-hybridized carbons (Fsp3) is 0.353. The Kier molecular flexibility index (Phi) is 4.70. The molecule has 1 aromatic heterocycles. The second-order valence-corrected chi connectivity index (χ2v) is 6.51. The molecule has 0 spiro atoms. The van der Waals surface area contributed by atoms with Crippen molar-refractivity contribution >= 4 is 17.6 Å². The average Bonchev–Trinajstić information content (AvgIpc) is 3.10. The smallest absolute Gasteiger partial charge is 0.308 e. The molecule has 2 heterocycles. The van der Waals surface area contributed by atoms with E-state index in [1.54, 1.807) is 18.3 Å². The molecule has 1 aromatic carbocycles. The van der Waals surface area contributed by atoms with Gasteiger partial charge in [-0.15, -0.1) is 0 Å². The lowest BCUT2D eigenvalue weighted by Crippen LogP contribution is -2.45. The average molecular weight is 358 g/mol. The molecule has 3 rings (SSSR count). The van der Waals surface area contributed by atoms with E-state index in [1.165, 1.54) is 27.8 Å². The first kappa shape index (κ1) is 17.6. The number of amides is 1. The number of nitrogens with zero attached hydrogens (tertiary/aromatic N) is 4. The number of aliphatic carboxylic acids is 1. The van der Waals surface area contributed by atoms with Gasteiger partial charge < -0.3 is 10.0 Å². The molecule has 1 aliphatic rings. The third-order valence-electron chi connectivity index (χ3n) is 4.41. The van der Waals surface area contributed by atoms with Crippen molar-refractivity contribution < 1.29 is 19.6 Å². The van der Waals surface area contributed by atoms with Crippen molar-refractivity contribution in [1.29, 1.82) is 0 Å². The molecule has 2 aromatic rings. The van der Waals surface area contributed by atoms with E-state index in [9.17, 15) is 24.8 Å². The summed E-state index contributed by atoms with van der Waals surface area (Å²) in [5.41, 5.74) is 0.573. The van der Waals surface area contributed by atoms with Crippen LogP contribution >= 0.6 is 0 Å². The van der Waals surface area contributed by atoms with Gasteiger partial charge in [0.25, 0.3) is 11.6 Å². The number of carbonyl (C=O) groups excluding carboxylic acids is 1. The van der Waals surface area contributed by atoms with E-state index in [1.807, 2.05) is 6.92 Å². The lowest BCUT2D eigenvalue weighted by atomic mass is 9.90. The Morgan fingerprint density at radius 2 is 2.08 bits per heavy atom. The number of hydrogen-bond acceptors (Lipinski definition) is 5. The maximum Gasteiger partial charge on any atom is 0.308 e. The predicted octanol–water partition coefficient (Wildman–Crippen LogP) is 1.96. The van der Waals surface area contributed by atoms with Gasteiger partial charge in [-0.2, -0.15) is 5.10 Å². The monoisotopic (exact) mass is 358 g/mol. The molecule has 2 atom stereocenters. The van der Waals surface area contributed by atoms with Crippen LogP contribution < -0.4 is 0 Å². The highest BCUT2D eigenvalue weighted by Gasteiger charge is 2.33. The summed E-state index contributed by atoms with van der Waals surface area (Å²) < 4.78 is 1.39. The van der Waals surface area contributed by atoms with Crippen molar-refractivity contribution in [2.75, 3.05) is 13.1 Å². The van der Waals surface area contributed by atoms with E-state index >= 15 is 0 Å². The summed E-state index contributed by atoms with van der Waals surface area (Å²) in [6, 6.07) is 7.46. The maximum absolute atomic E-state index is 12.7. The Balaban J connectivity index is 1.81. The van der Waals surface area contributed by atoms with E-state index < -0.39 is 16.8 Å². The zero-order chi connectivity index (χ0) is 18.8. The highest BCUT2D eigenvalue weighted by Crippen LogP contribution is 2.23. The number of rotatable bonds is 4. The van der Waals surface area contributed by atoms with Crippen LogP contribution in [-0.2, 0) is 4.79 Å². The van der Waals surface area contributed by atoms with E-state index in [2.05, 4.69) is 5.10 Å². The molecule has 0 saturated carbocycles. The molecule has 9 heteroatoms. The van der Waals surface area contributed by atoms with Crippen molar-refractivity contribution in [3.63, 3.8) is 0 Å². The molecule has 2 unspecified atom stereocenters. The molecular weight excluding hydrogens is 340 g/mol. The number of carboxylic acid groups (broad SMARTS) is 1. The Bertz CT molecular complexity index is 862. The first-order valence-electron chi connectivity index (χ1n) is 8.17. The summed E-state index contributed by atoms with van der Waals surface area (Å²) >= 11 is 0. The summed E-state index contributed by atoms with van der Waals surface area (Å²) in [6.45, 7) is 2.55. The molecule has 0 aliphatic carbocycles. The number of aromatic nitrogens is 2. The van der Waals surface area contributed by atoms with Gasteiger partial charge in [-0.25, -0.2) is 4.68 Å². The number of hydrogen-bond donors (Lipinski definition) is 1. The SMILES string of the molecule is CC1CC(C(=O)O)CN(C(=O)c2ccn(-c3cccc([N+](=O)[O-])c3)n2)C1. The minimum Gasteiger partial charge on any atom is -0.481 e. The minimum atomic E-state index is -0.906. The van der Waals surface area contributed by atoms with Crippen LogP contribution in [0.5, 0.6) is 0 Å². The highest BCUT2D eigenvalue weighted by molar-refractivity contribution is 5.92. The van der Waals surface area contributed by atoms with Gasteiger partial charge in [0.15, 0.2) is 5.69 Å². The third-order valence-corrected chi connectivity index (χ3v) is 4.41. The van der Waals surface area contributed by atoms with Crippen LogP contribution in [0.15, 0.2) is 36.5 Å². The molecule has 0 bridgehead atoms. The predicted molar refractivity (Wildman–Crippen MR) is 91.0 cm³/mol. The molecular formula is C17H18N4O5. The van der Waals surface area contributed by atoms with Gasteiger partial charge in [0, 0.05) is 31.4 Å². The summed E-state index contributed by atoms with van der Waals surface area (Å²) in [4.78, 5) is 35.8. The lowest BCUT2D eigenvalue weighted by Gasteiger charge is -2.34. The number of likely N-dealkylation sites (tertiary alicyclic amines) is 1.